The fraction of sp³-hybridized carbons (Fsp3) is 0.250. The molecule has 0 aliphatic rings. The van der Waals surface area contributed by atoms with Crippen molar-refractivity contribution in [2.24, 2.45) is 0 Å². The Kier molecular flexibility index (Phi) is 3.45. The number of hydrogen-bond acceptors (Lipinski definition) is 3. The molecule has 0 bridgehead atoms. The zero-order valence-electron chi connectivity index (χ0n) is 7.50. The number of hydrogen-bond donors (Lipinski definition) is 2. The van der Waals surface area contributed by atoms with Gasteiger partial charge in [-0.05, 0) is 13.8 Å². The Morgan fingerprint density at radius 1 is 1.62 bits per heavy atom. The van der Waals surface area contributed by atoms with Gasteiger partial charge in [0.15, 0.2) is 5.13 Å². The van der Waals surface area contributed by atoms with Crippen molar-refractivity contribution in [1.82, 2.24) is 10.3 Å². The van der Waals surface area contributed by atoms with Crippen molar-refractivity contribution in [1.29, 1.82) is 0 Å². The van der Waals surface area contributed by atoms with Crippen LogP contribution in [0.2, 0.25) is 0 Å². The van der Waals surface area contributed by atoms with Crippen molar-refractivity contribution in [2.75, 3.05) is 5.32 Å². The van der Waals surface area contributed by atoms with Crippen LogP contribution in [0.3, 0.4) is 0 Å². The fourth-order valence-corrected chi connectivity index (χ4v) is 1.15. The molecule has 5 heteroatoms. The number of urea groups is 1. The van der Waals surface area contributed by atoms with Crippen molar-refractivity contribution < 1.29 is 4.79 Å². The van der Waals surface area contributed by atoms with E-state index in [4.69, 9.17) is 0 Å². The Bertz CT molecular complexity index is 301. The minimum Gasteiger partial charge on any atom is -0.314 e. The summed E-state index contributed by atoms with van der Waals surface area (Å²) in [6, 6.07) is -0.267. The van der Waals surface area contributed by atoms with Crippen LogP contribution in [-0.4, -0.2) is 11.0 Å². The molecule has 0 fully saturated rings. The van der Waals surface area contributed by atoms with Gasteiger partial charge in [0.05, 0.1) is 0 Å². The van der Waals surface area contributed by atoms with Crippen LogP contribution in [0, 0.1) is 0 Å². The van der Waals surface area contributed by atoms with Crippen molar-refractivity contribution in [2.45, 2.75) is 13.8 Å². The molecule has 0 aliphatic carbocycles. The fourth-order valence-electron chi connectivity index (χ4n) is 0.628. The van der Waals surface area contributed by atoms with Crippen LogP contribution in [-0.2, 0) is 0 Å². The summed E-state index contributed by atoms with van der Waals surface area (Å²) in [4.78, 5) is 15.0. The molecule has 2 N–H and O–H groups in total. The lowest BCUT2D eigenvalue weighted by Gasteiger charge is -2.00. The maximum atomic E-state index is 11.1. The molecule has 1 aromatic heterocycles. The highest BCUT2D eigenvalue weighted by molar-refractivity contribution is 7.13. The molecule has 0 spiro atoms. The lowest BCUT2D eigenvalue weighted by molar-refractivity contribution is 0.255. The number of nitrogens with one attached hydrogen (secondary N) is 2. The summed E-state index contributed by atoms with van der Waals surface area (Å²) in [6.45, 7) is 3.81. The number of allylic oxidation sites excluding steroid dienone is 1. The number of carbonyl (C=O) groups is 1. The number of nitrogens with zero attached hydrogens (tertiary/aromatic N) is 1. The molecule has 0 aromatic carbocycles. The Morgan fingerprint density at radius 2 is 2.38 bits per heavy atom. The molecule has 70 valence electrons. The topological polar surface area (TPSA) is 54.0 Å². The highest BCUT2D eigenvalue weighted by Gasteiger charge is 1.99. The van der Waals surface area contributed by atoms with E-state index in [0.717, 1.165) is 5.57 Å². The lowest BCUT2D eigenvalue weighted by atomic mass is 10.4. The lowest BCUT2D eigenvalue weighted by Crippen LogP contribution is -2.23. The molecule has 1 aromatic rings. The second-order valence-electron chi connectivity index (χ2n) is 2.66. The number of thiazole rings is 1. The van der Waals surface area contributed by atoms with Gasteiger partial charge in [0.2, 0.25) is 0 Å². The average molecular weight is 197 g/mol. The Hall–Kier alpha value is -1.36. The first-order valence-corrected chi connectivity index (χ1v) is 4.67. The van der Waals surface area contributed by atoms with E-state index in [9.17, 15) is 4.79 Å². The third-order valence-corrected chi connectivity index (χ3v) is 1.83. The zero-order valence-corrected chi connectivity index (χ0v) is 8.31. The Morgan fingerprint density at radius 3 is 2.92 bits per heavy atom. The van der Waals surface area contributed by atoms with Crippen molar-refractivity contribution in [3.8, 4) is 0 Å². The summed E-state index contributed by atoms with van der Waals surface area (Å²) in [5, 5.41) is 7.56. The molecule has 0 radical (unpaired) electrons. The highest BCUT2D eigenvalue weighted by atomic mass is 32.1. The molecular weight excluding hydrogens is 186 g/mol. The minimum absolute atomic E-state index is 0.267. The minimum atomic E-state index is -0.267. The highest BCUT2D eigenvalue weighted by Crippen LogP contribution is 2.09. The van der Waals surface area contributed by atoms with E-state index in [-0.39, 0.29) is 6.03 Å². The van der Waals surface area contributed by atoms with E-state index in [1.807, 2.05) is 13.8 Å². The smallest absolute Gasteiger partial charge is 0.314 e. The number of amides is 2. The van der Waals surface area contributed by atoms with Crippen molar-refractivity contribution >= 4 is 22.5 Å². The summed E-state index contributed by atoms with van der Waals surface area (Å²) in [5.41, 5.74) is 1.04. The van der Waals surface area contributed by atoms with Crippen LogP contribution >= 0.6 is 11.3 Å². The number of rotatable bonds is 2. The summed E-state index contributed by atoms with van der Waals surface area (Å²) >= 11 is 1.38. The SMILES string of the molecule is CC(C)=CNC(=O)Nc1nccs1. The van der Waals surface area contributed by atoms with Gasteiger partial charge >= 0.3 is 6.03 Å². The number of aromatic nitrogens is 1. The maximum absolute atomic E-state index is 11.1. The number of carbonyl (C=O) groups excluding carboxylic acids is 1. The first-order chi connectivity index (χ1) is 6.18. The molecule has 0 saturated heterocycles. The predicted molar refractivity (Wildman–Crippen MR) is 53.7 cm³/mol. The first-order valence-electron chi connectivity index (χ1n) is 3.79. The molecule has 1 rings (SSSR count). The third kappa shape index (κ3) is 3.71. The summed E-state index contributed by atoms with van der Waals surface area (Å²) < 4.78 is 0. The normalized spacial score (nSPS) is 9.08. The van der Waals surface area contributed by atoms with Gasteiger partial charge in [-0.1, -0.05) is 5.57 Å². The Balaban J connectivity index is 2.39. The maximum Gasteiger partial charge on any atom is 0.325 e. The molecule has 2 amide bonds. The molecule has 4 nitrogen and oxygen atoms in total. The van der Waals surface area contributed by atoms with Crippen LogP contribution in [0.1, 0.15) is 13.8 Å². The summed E-state index contributed by atoms with van der Waals surface area (Å²) in [6.07, 6.45) is 3.28. The van der Waals surface area contributed by atoms with Crippen LogP contribution in [0.25, 0.3) is 0 Å². The van der Waals surface area contributed by atoms with Gasteiger partial charge in [0.25, 0.3) is 0 Å². The zero-order chi connectivity index (χ0) is 9.68. The summed E-state index contributed by atoms with van der Waals surface area (Å²) in [7, 11) is 0. The van der Waals surface area contributed by atoms with Gasteiger partial charge in [-0.25, -0.2) is 9.78 Å². The van der Waals surface area contributed by atoms with Gasteiger partial charge in [0.1, 0.15) is 0 Å². The molecular formula is C8H11N3OS. The van der Waals surface area contributed by atoms with Gasteiger partial charge in [-0.2, -0.15) is 0 Å². The van der Waals surface area contributed by atoms with E-state index >= 15 is 0 Å². The van der Waals surface area contributed by atoms with Crippen LogP contribution in [0.4, 0.5) is 9.93 Å². The molecule has 1 heterocycles. The Labute approximate surface area is 80.7 Å². The van der Waals surface area contributed by atoms with E-state index in [1.165, 1.54) is 11.3 Å². The van der Waals surface area contributed by atoms with E-state index < -0.39 is 0 Å². The largest absolute Gasteiger partial charge is 0.325 e. The molecule has 0 aliphatic heterocycles. The van der Waals surface area contributed by atoms with Gasteiger partial charge < -0.3 is 5.32 Å². The van der Waals surface area contributed by atoms with Crippen LogP contribution in [0.15, 0.2) is 23.3 Å². The van der Waals surface area contributed by atoms with E-state index in [2.05, 4.69) is 15.6 Å². The van der Waals surface area contributed by atoms with Crippen molar-refractivity contribution in [3.63, 3.8) is 0 Å². The first kappa shape index (κ1) is 9.73. The van der Waals surface area contributed by atoms with Gasteiger partial charge in [-0.15, -0.1) is 11.3 Å². The third-order valence-electron chi connectivity index (χ3n) is 1.14. The van der Waals surface area contributed by atoms with Gasteiger partial charge in [0, 0.05) is 17.8 Å². The number of anilines is 1. The second-order valence-corrected chi connectivity index (χ2v) is 3.55. The van der Waals surface area contributed by atoms with Gasteiger partial charge in [-0.3, -0.25) is 5.32 Å². The second kappa shape index (κ2) is 4.61. The summed E-state index contributed by atoms with van der Waals surface area (Å²) in [5.74, 6) is 0. The van der Waals surface area contributed by atoms with Crippen LogP contribution < -0.4 is 10.6 Å². The standard InChI is InChI=1S/C8H11N3OS/c1-6(2)5-10-7(12)11-8-9-3-4-13-8/h3-5H,1-2H3,(H2,9,10,11,12). The molecule has 0 saturated carbocycles. The molecule has 0 unspecified atom stereocenters. The predicted octanol–water partition coefficient (Wildman–Crippen LogP) is 2.19. The quantitative estimate of drug-likeness (QED) is 0.763. The molecule has 0 atom stereocenters. The van der Waals surface area contributed by atoms with Crippen LogP contribution in [0.5, 0.6) is 0 Å². The average Bonchev–Trinajstić information content (AvgIpc) is 2.53. The monoisotopic (exact) mass is 197 g/mol. The molecule has 13 heavy (non-hydrogen) atoms. The van der Waals surface area contributed by atoms with Crippen molar-refractivity contribution in [3.05, 3.63) is 23.3 Å². The van der Waals surface area contributed by atoms with E-state index in [1.54, 1.807) is 17.8 Å². The van der Waals surface area contributed by atoms with E-state index in [0.29, 0.717) is 5.13 Å².